The third kappa shape index (κ3) is 3.18. The maximum Gasteiger partial charge on any atom is 0.239 e. The van der Waals surface area contributed by atoms with Crippen LogP contribution in [0.1, 0.15) is 23.9 Å². The van der Waals surface area contributed by atoms with Crippen molar-refractivity contribution in [2.45, 2.75) is 24.3 Å². The first-order chi connectivity index (χ1) is 11.6. The van der Waals surface area contributed by atoms with Crippen molar-refractivity contribution in [3.63, 3.8) is 0 Å². The number of rotatable bonds is 6. The van der Waals surface area contributed by atoms with E-state index in [0.717, 1.165) is 0 Å². The zero-order valence-corrected chi connectivity index (χ0v) is 14.4. The van der Waals surface area contributed by atoms with Crippen molar-refractivity contribution in [2.24, 2.45) is 0 Å². The molecule has 0 bridgehead atoms. The molecule has 1 aromatic carbocycles. The summed E-state index contributed by atoms with van der Waals surface area (Å²) >= 11 is 1.41. The van der Waals surface area contributed by atoms with E-state index in [4.69, 9.17) is 14.0 Å². The first-order valence-electron chi connectivity index (χ1n) is 7.10. The van der Waals surface area contributed by atoms with Gasteiger partial charge in [-0.15, -0.1) is 5.10 Å². The summed E-state index contributed by atoms with van der Waals surface area (Å²) in [6.07, 6.45) is 0. The van der Waals surface area contributed by atoms with Gasteiger partial charge in [-0.2, -0.15) is 9.67 Å². The van der Waals surface area contributed by atoms with Gasteiger partial charge in [0.2, 0.25) is 11.0 Å². The summed E-state index contributed by atoms with van der Waals surface area (Å²) in [5, 5.41) is 16.2. The van der Waals surface area contributed by atoms with Crippen molar-refractivity contribution in [3.05, 3.63) is 29.9 Å². The van der Waals surface area contributed by atoms with Gasteiger partial charge in [0.15, 0.2) is 5.82 Å². The number of benzene rings is 1. The second kappa shape index (κ2) is 6.87. The molecular formula is C14H16N6O3S. The summed E-state index contributed by atoms with van der Waals surface area (Å²) in [4.78, 5) is 4.23. The fraction of sp³-hybridized carbons (Fsp3) is 0.357. The lowest BCUT2D eigenvalue weighted by Gasteiger charge is -2.12. The number of tetrazole rings is 1. The van der Waals surface area contributed by atoms with Gasteiger partial charge in [0.1, 0.15) is 17.2 Å². The number of hydrogen-bond donors (Lipinski definition) is 0. The summed E-state index contributed by atoms with van der Waals surface area (Å²) in [6.45, 7) is 3.72. The number of ether oxygens (including phenoxy) is 2. The summed E-state index contributed by atoms with van der Waals surface area (Å²) in [5.74, 6) is 2.42. The topological polar surface area (TPSA) is 101 Å². The number of methoxy groups -OCH3 is 2. The number of aryl methyl sites for hydroxylation is 1. The van der Waals surface area contributed by atoms with E-state index in [0.29, 0.717) is 34.1 Å². The highest BCUT2D eigenvalue weighted by Crippen LogP contribution is 2.35. The second-order valence-corrected chi connectivity index (χ2v) is 6.16. The third-order valence-corrected chi connectivity index (χ3v) is 4.25. The molecule has 0 spiro atoms. The van der Waals surface area contributed by atoms with Crippen LogP contribution in [-0.4, -0.2) is 44.6 Å². The van der Waals surface area contributed by atoms with Gasteiger partial charge in [0.25, 0.3) is 0 Å². The standard InChI is InChI=1S/C14H16N6O3S/c1-8(13-15-9(2)17-23-13)24-14-16-18-19-20(14)11-7-10(21-3)5-6-12(11)22-4/h5-8H,1-4H3. The SMILES string of the molecule is COc1ccc(OC)c(-n2nnnc2SC(C)c2nc(C)no2)c1. The van der Waals surface area contributed by atoms with Gasteiger partial charge >= 0.3 is 0 Å². The summed E-state index contributed by atoms with van der Waals surface area (Å²) in [6, 6.07) is 5.42. The molecule has 0 aliphatic rings. The Bertz CT molecular complexity index is 834. The molecular weight excluding hydrogens is 332 g/mol. The molecule has 2 aromatic heterocycles. The number of aromatic nitrogens is 6. The Morgan fingerprint density at radius 1 is 1.25 bits per heavy atom. The van der Waals surface area contributed by atoms with Crippen LogP contribution in [-0.2, 0) is 0 Å². The van der Waals surface area contributed by atoms with Crippen molar-refractivity contribution in [3.8, 4) is 17.2 Å². The molecule has 10 heteroatoms. The maximum absolute atomic E-state index is 5.39. The van der Waals surface area contributed by atoms with E-state index in [9.17, 15) is 0 Å². The van der Waals surface area contributed by atoms with E-state index in [-0.39, 0.29) is 5.25 Å². The Hall–Kier alpha value is -2.62. The molecule has 0 saturated heterocycles. The van der Waals surface area contributed by atoms with Crippen LogP contribution in [0, 0.1) is 6.92 Å². The Kier molecular flexibility index (Phi) is 4.65. The highest BCUT2D eigenvalue weighted by atomic mass is 32.2. The molecule has 24 heavy (non-hydrogen) atoms. The molecule has 126 valence electrons. The fourth-order valence-electron chi connectivity index (χ4n) is 2.05. The molecule has 2 heterocycles. The van der Waals surface area contributed by atoms with Gasteiger partial charge < -0.3 is 14.0 Å². The van der Waals surface area contributed by atoms with Gasteiger partial charge in [-0.25, -0.2) is 0 Å². The van der Waals surface area contributed by atoms with Crippen LogP contribution in [0.4, 0.5) is 0 Å². The van der Waals surface area contributed by atoms with Crippen LogP contribution in [0.2, 0.25) is 0 Å². The molecule has 1 atom stereocenters. The van der Waals surface area contributed by atoms with Gasteiger partial charge in [-0.3, -0.25) is 0 Å². The normalized spacial score (nSPS) is 12.2. The van der Waals surface area contributed by atoms with Gasteiger partial charge in [-0.05, 0) is 36.4 Å². The van der Waals surface area contributed by atoms with Crippen LogP contribution in [0.25, 0.3) is 5.69 Å². The zero-order chi connectivity index (χ0) is 17.1. The summed E-state index contributed by atoms with van der Waals surface area (Å²) in [7, 11) is 3.19. The third-order valence-electron chi connectivity index (χ3n) is 3.23. The van der Waals surface area contributed by atoms with Crippen molar-refractivity contribution >= 4 is 11.8 Å². The average molecular weight is 348 g/mol. The van der Waals surface area contributed by atoms with E-state index in [1.807, 2.05) is 13.0 Å². The smallest absolute Gasteiger partial charge is 0.239 e. The molecule has 0 aliphatic heterocycles. The monoisotopic (exact) mass is 348 g/mol. The molecule has 0 amide bonds. The lowest BCUT2D eigenvalue weighted by Crippen LogP contribution is -2.03. The Labute approximate surface area is 142 Å². The predicted molar refractivity (Wildman–Crippen MR) is 85.6 cm³/mol. The van der Waals surface area contributed by atoms with Crippen LogP contribution in [0.5, 0.6) is 11.5 Å². The number of hydrogen-bond acceptors (Lipinski definition) is 9. The Balaban J connectivity index is 1.93. The molecule has 3 aromatic rings. The van der Waals surface area contributed by atoms with Crippen molar-refractivity contribution in [1.29, 1.82) is 0 Å². The minimum absolute atomic E-state index is 0.104. The average Bonchev–Trinajstić information content (AvgIpc) is 3.23. The fourth-order valence-corrected chi connectivity index (χ4v) is 2.88. The van der Waals surface area contributed by atoms with E-state index in [1.54, 1.807) is 38.0 Å². The quantitative estimate of drug-likeness (QED) is 0.620. The lowest BCUT2D eigenvalue weighted by atomic mass is 10.3. The molecule has 0 aliphatic carbocycles. The minimum Gasteiger partial charge on any atom is -0.497 e. The van der Waals surface area contributed by atoms with E-state index in [2.05, 4.69) is 25.7 Å². The van der Waals surface area contributed by atoms with Crippen molar-refractivity contribution in [2.75, 3.05) is 14.2 Å². The highest BCUT2D eigenvalue weighted by Gasteiger charge is 2.21. The molecule has 0 fully saturated rings. The van der Waals surface area contributed by atoms with Crippen LogP contribution < -0.4 is 9.47 Å². The molecule has 1 unspecified atom stereocenters. The van der Waals surface area contributed by atoms with Crippen LogP contribution in [0.15, 0.2) is 27.9 Å². The Morgan fingerprint density at radius 2 is 2.08 bits per heavy atom. The number of nitrogens with zero attached hydrogens (tertiary/aromatic N) is 6. The van der Waals surface area contributed by atoms with Gasteiger partial charge in [0, 0.05) is 6.07 Å². The predicted octanol–water partition coefficient (Wildman–Crippen LogP) is 2.22. The number of thioether (sulfide) groups is 1. The first kappa shape index (κ1) is 16.2. The summed E-state index contributed by atoms with van der Waals surface area (Å²) < 4.78 is 17.4. The summed E-state index contributed by atoms with van der Waals surface area (Å²) in [5.41, 5.74) is 0.679. The lowest BCUT2D eigenvalue weighted by molar-refractivity contribution is 0.376. The molecule has 9 nitrogen and oxygen atoms in total. The van der Waals surface area contributed by atoms with Gasteiger partial charge in [-0.1, -0.05) is 16.9 Å². The molecule has 0 saturated carbocycles. The Morgan fingerprint density at radius 3 is 2.75 bits per heavy atom. The zero-order valence-electron chi connectivity index (χ0n) is 13.6. The van der Waals surface area contributed by atoms with E-state index >= 15 is 0 Å². The van der Waals surface area contributed by atoms with Crippen LogP contribution >= 0.6 is 11.8 Å². The minimum atomic E-state index is -0.104. The second-order valence-electron chi connectivity index (χ2n) is 4.85. The van der Waals surface area contributed by atoms with E-state index in [1.165, 1.54) is 11.8 Å². The highest BCUT2D eigenvalue weighted by molar-refractivity contribution is 7.99. The molecule has 3 rings (SSSR count). The molecule has 0 radical (unpaired) electrons. The van der Waals surface area contributed by atoms with Crippen LogP contribution in [0.3, 0.4) is 0 Å². The maximum atomic E-state index is 5.39. The van der Waals surface area contributed by atoms with Gasteiger partial charge in [0.05, 0.1) is 19.5 Å². The van der Waals surface area contributed by atoms with Crippen molar-refractivity contribution in [1.82, 2.24) is 30.3 Å². The van der Waals surface area contributed by atoms with E-state index < -0.39 is 0 Å². The largest absolute Gasteiger partial charge is 0.497 e. The van der Waals surface area contributed by atoms with Crippen molar-refractivity contribution < 1.29 is 14.0 Å². The first-order valence-corrected chi connectivity index (χ1v) is 7.98. The molecule has 0 N–H and O–H groups in total.